The number of hydrogen-bond acceptors (Lipinski definition) is 8. The maximum atomic E-state index is 12.6. The highest BCUT2D eigenvalue weighted by Gasteiger charge is 2.30. The number of aliphatic hydroxyl groups is 1. The van der Waals surface area contributed by atoms with Gasteiger partial charge < -0.3 is 42.1 Å². The van der Waals surface area contributed by atoms with Gasteiger partial charge in [-0.25, -0.2) is 4.79 Å². The summed E-state index contributed by atoms with van der Waals surface area (Å²) in [6.07, 6.45) is -0.959. The monoisotopic (exact) mass is 440 g/mol. The molecule has 1 rings (SSSR count). The van der Waals surface area contributed by atoms with Gasteiger partial charge >= 0.3 is 11.9 Å². The van der Waals surface area contributed by atoms with E-state index < -0.39 is 67.4 Å². The van der Waals surface area contributed by atoms with Crippen LogP contribution in [0.2, 0.25) is 0 Å². The summed E-state index contributed by atoms with van der Waals surface area (Å²) in [6, 6.07) is 0.983. The number of rotatable bonds is 12. The van der Waals surface area contributed by atoms with Crippen molar-refractivity contribution >= 4 is 29.7 Å². The summed E-state index contributed by atoms with van der Waals surface area (Å²) < 4.78 is 0. The van der Waals surface area contributed by atoms with Crippen LogP contribution in [0.1, 0.15) is 12.0 Å². The van der Waals surface area contributed by atoms with E-state index in [1.165, 1.54) is 24.3 Å². The van der Waals surface area contributed by atoms with E-state index in [0.29, 0.717) is 5.56 Å². The van der Waals surface area contributed by atoms with Gasteiger partial charge in [0.05, 0.1) is 19.6 Å². The minimum atomic E-state index is -1.64. The molecule has 0 aliphatic heterocycles. The van der Waals surface area contributed by atoms with Gasteiger partial charge in [0.2, 0.25) is 17.7 Å². The molecule has 170 valence electrons. The standard InChI is InChI=1S/C18H24N4O9/c19-7-14(25)20-12(6-15(26)27)17(29)21-11(5-9-1-3-10(24)4-2-9)16(28)22-13(8-23)18(30)31/h1-4,11-13,23-24H,5-8,19H2,(H,20,25)(H,21,29)(H,22,28)(H,26,27)(H,30,31). The number of nitrogens with one attached hydrogen (secondary N) is 3. The highest BCUT2D eigenvalue weighted by molar-refractivity contribution is 5.95. The number of phenols is 1. The minimum Gasteiger partial charge on any atom is -0.508 e. The van der Waals surface area contributed by atoms with Crippen molar-refractivity contribution in [1.29, 1.82) is 0 Å². The molecule has 0 bridgehead atoms. The Morgan fingerprint density at radius 2 is 1.42 bits per heavy atom. The zero-order chi connectivity index (χ0) is 23.6. The number of aromatic hydroxyl groups is 1. The van der Waals surface area contributed by atoms with E-state index in [2.05, 4.69) is 16.0 Å². The Bertz CT molecular complexity index is 813. The zero-order valence-corrected chi connectivity index (χ0v) is 16.3. The summed E-state index contributed by atoms with van der Waals surface area (Å²) in [7, 11) is 0. The summed E-state index contributed by atoms with van der Waals surface area (Å²) in [5.41, 5.74) is 5.63. The van der Waals surface area contributed by atoms with Crippen LogP contribution in [0.25, 0.3) is 0 Å². The van der Waals surface area contributed by atoms with Crippen LogP contribution in [-0.2, 0) is 30.4 Å². The topological polar surface area (TPSA) is 228 Å². The molecule has 9 N–H and O–H groups in total. The van der Waals surface area contributed by atoms with Crippen molar-refractivity contribution in [3.63, 3.8) is 0 Å². The van der Waals surface area contributed by atoms with Gasteiger partial charge in [-0.15, -0.1) is 0 Å². The fourth-order valence-corrected chi connectivity index (χ4v) is 2.44. The third-order valence-corrected chi connectivity index (χ3v) is 4.02. The molecule has 0 saturated carbocycles. The molecular weight excluding hydrogens is 416 g/mol. The molecule has 1 aromatic rings. The molecule has 0 aromatic heterocycles. The normalized spacial score (nSPS) is 13.4. The highest BCUT2D eigenvalue weighted by atomic mass is 16.4. The lowest BCUT2D eigenvalue weighted by Crippen LogP contribution is -2.57. The van der Waals surface area contributed by atoms with Crippen molar-refractivity contribution < 1.29 is 44.4 Å². The van der Waals surface area contributed by atoms with Crippen LogP contribution < -0.4 is 21.7 Å². The van der Waals surface area contributed by atoms with Crippen molar-refractivity contribution in [2.45, 2.75) is 31.0 Å². The molecule has 0 aliphatic rings. The lowest BCUT2D eigenvalue weighted by atomic mass is 10.0. The molecule has 0 heterocycles. The fourth-order valence-electron chi connectivity index (χ4n) is 2.44. The fraction of sp³-hybridized carbons (Fsp3) is 0.389. The van der Waals surface area contributed by atoms with Gasteiger partial charge in [0.1, 0.15) is 23.9 Å². The van der Waals surface area contributed by atoms with Crippen molar-refractivity contribution in [2.24, 2.45) is 5.73 Å². The van der Waals surface area contributed by atoms with Gasteiger partial charge in [-0.1, -0.05) is 12.1 Å². The van der Waals surface area contributed by atoms with Crippen LogP contribution in [0, 0.1) is 0 Å². The number of carbonyl (C=O) groups excluding carboxylic acids is 3. The Balaban J connectivity index is 3.09. The van der Waals surface area contributed by atoms with Crippen LogP contribution >= 0.6 is 0 Å². The summed E-state index contributed by atoms with van der Waals surface area (Å²) in [5.74, 6) is -5.74. The third-order valence-electron chi connectivity index (χ3n) is 4.02. The van der Waals surface area contributed by atoms with Crippen molar-refractivity contribution in [1.82, 2.24) is 16.0 Å². The highest BCUT2D eigenvalue weighted by Crippen LogP contribution is 2.12. The maximum Gasteiger partial charge on any atom is 0.328 e. The first-order chi connectivity index (χ1) is 14.6. The number of aliphatic hydroxyl groups excluding tert-OH is 1. The third kappa shape index (κ3) is 8.67. The van der Waals surface area contributed by atoms with E-state index in [0.717, 1.165) is 0 Å². The lowest BCUT2D eigenvalue weighted by molar-refractivity contribution is -0.144. The summed E-state index contributed by atoms with van der Waals surface area (Å²) >= 11 is 0. The second-order valence-electron chi connectivity index (χ2n) is 6.44. The van der Waals surface area contributed by atoms with Gasteiger partial charge in [-0.05, 0) is 17.7 Å². The quantitative estimate of drug-likeness (QED) is 0.163. The van der Waals surface area contributed by atoms with E-state index in [1.54, 1.807) is 0 Å². The van der Waals surface area contributed by atoms with Crippen LogP contribution in [-0.4, -0.2) is 81.4 Å². The van der Waals surface area contributed by atoms with Crippen LogP contribution in [0.15, 0.2) is 24.3 Å². The van der Waals surface area contributed by atoms with Gasteiger partial charge in [0.15, 0.2) is 0 Å². The average molecular weight is 440 g/mol. The molecule has 3 atom stereocenters. The molecule has 31 heavy (non-hydrogen) atoms. The van der Waals surface area contributed by atoms with E-state index in [-0.39, 0.29) is 12.2 Å². The van der Waals surface area contributed by atoms with E-state index >= 15 is 0 Å². The number of carboxylic acids is 2. The Kier molecular flexibility index (Phi) is 9.88. The largest absolute Gasteiger partial charge is 0.508 e. The number of carboxylic acid groups (broad SMARTS) is 2. The molecule has 0 saturated heterocycles. The number of benzene rings is 1. The molecule has 0 spiro atoms. The Morgan fingerprint density at radius 1 is 0.871 bits per heavy atom. The predicted molar refractivity (Wildman–Crippen MR) is 104 cm³/mol. The average Bonchev–Trinajstić information content (AvgIpc) is 2.71. The molecule has 3 unspecified atom stereocenters. The van der Waals surface area contributed by atoms with Crippen LogP contribution in [0.4, 0.5) is 0 Å². The Hall–Kier alpha value is -3.71. The number of hydrogen-bond donors (Lipinski definition) is 8. The number of nitrogens with two attached hydrogens (primary N) is 1. The molecule has 1 aromatic carbocycles. The minimum absolute atomic E-state index is 0.0500. The first kappa shape index (κ1) is 25.3. The number of amides is 3. The summed E-state index contributed by atoms with van der Waals surface area (Å²) in [6.45, 7) is -1.41. The van der Waals surface area contributed by atoms with Crippen LogP contribution in [0.5, 0.6) is 5.75 Å². The lowest BCUT2D eigenvalue weighted by Gasteiger charge is -2.23. The molecule has 0 aliphatic carbocycles. The first-order valence-electron chi connectivity index (χ1n) is 9.00. The zero-order valence-electron chi connectivity index (χ0n) is 16.3. The number of phenolic OH excluding ortho intramolecular Hbond substituents is 1. The van der Waals surface area contributed by atoms with E-state index in [4.69, 9.17) is 21.1 Å². The van der Waals surface area contributed by atoms with Crippen molar-refractivity contribution in [3.8, 4) is 5.75 Å². The van der Waals surface area contributed by atoms with Crippen LogP contribution in [0.3, 0.4) is 0 Å². The first-order valence-corrected chi connectivity index (χ1v) is 9.00. The summed E-state index contributed by atoms with van der Waals surface area (Å²) in [5, 5.41) is 42.9. The Labute approximate surface area is 176 Å². The second-order valence-corrected chi connectivity index (χ2v) is 6.44. The number of carbonyl (C=O) groups is 5. The smallest absolute Gasteiger partial charge is 0.328 e. The van der Waals surface area contributed by atoms with Crippen molar-refractivity contribution in [3.05, 3.63) is 29.8 Å². The summed E-state index contributed by atoms with van der Waals surface area (Å²) in [4.78, 5) is 58.7. The number of aliphatic carboxylic acids is 2. The molecule has 13 nitrogen and oxygen atoms in total. The van der Waals surface area contributed by atoms with Gasteiger partial charge in [-0.3, -0.25) is 19.2 Å². The van der Waals surface area contributed by atoms with E-state index in [1.807, 2.05) is 0 Å². The SMILES string of the molecule is NCC(=O)NC(CC(=O)O)C(=O)NC(Cc1ccc(O)cc1)C(=O)NC(CO)C(=O)O. The Morgan fingerprint density at radius 3 is 1.90 bits per heavy atom. The second kappa shape index (κ2) is 12.1. The molecule has 0 radical (unpaired) electrons. The van der Waals surface area contributed by atoms with Gasteiger partial charge in [-0.2, -0.15) is 0 Å². The molecule has 13 heteroatoms. The predicted octanol–water partition coefficient (Wildman–Crippen LogP) is -3.10. The van der Waals surface area contributed by atoms with Gasteiger partial charge in [0.25, 0.3) is 0 Å². The molecular formula is C18H24N4O9. The van der Waals surface area contributed by atoms with Gasteiger partial charge in [0, 0.05) is 6.42 Å². The van der Waals surface area contributed by atoms with Crippen molar-refractivity contribution in [2.75, 3.05) is 13.2 Å². The molecule has 3 amide bonds. The molecule has 0 fully saturated rings. The van der Waals surface area contributed by atoms with E-state index in [9.17, 15) is 29.1 Å². The maximum absolute atomic E-state index is 12.6.